The van der Waals surface area contributed by atoms with E-state index in [4.69, 9.17) is 11.6 Å². The molecule has 0 radical (unpaired) electrons. The molecule has 3 atom stereocenters. The fourth-order valence-electron chi connectivity index (χ4n) is 4.31. The first kappa shape index (κ1) is 25.0. The predicted octanol–water partition coefficient (Wildman–Crippen LogP) is 3.17. The number of halogens is 1. The van der Waals surface area contributed by atoms with Crippen molar-refractivity contribution in [3.63, 3.8) is 0 Å². The number of fused-ring (bicyclic) bond motifs is 1. The van der Waals surface area contributed by atoms with Crippen LogP contribution in [0.2, 0.25) is 5.02 Å². The number of rotatable bonds is 9. The van der Waals surface area contributed by atoms with E-state index in [1.807, 2.05) is 32.1 Å². The van der Waals surface area contributed by atoms with Gasteiger partial charge in [-0.3, -0.25) is 24.1 Å². The van der Waals surface area contributed by atoms with Gasteiger partial charge in [0.05, 0.1) is 11.8 Å². The van der Waals surface area contributed by atoms with Crippen molar-refractivity contribution in [3.8, 4) is 0 Å². The Morgan fingerprint density at radius 1 is 1.12 bits per heavy atom. The number of carbonyl (C=O) groups excluding carboxylic acids is 4. The molecule has 1 unspecified atom stereocenters. The molecule has 0 spiro atoms. The maximum atomic E-state index is 13.3. The average molecular weight is 474 g/mol. The van der Waals surface area contributed by atoms with Crippen molar-refractivity contribution in [1.29, 1.82) is 0 Å². The molecule has 8 heteroatoms. The lowest BCUT2D eigenvalue weighted by Crippen LogP contribution is -2.49. The van der Waals surface area contributed by atoms with Crippen molar-refractivity contribution in [1.82, 2.24) is 15.1 Å². The van der Waals surface area contributed by atoms with E-state index in [2.05, 4.69) is 5.32 Å². The molecule has 4 amide bonds. The first-order chi connectivity index (χ1) is 15.7. The standard InChI is InChI=1S/C25H32ClN3O4/c1-16(2)14-27-23(31)17(3)29(15-18-7-6-8-19(26)13-18)22(30)11-12-28-24(32)20-9-4-5-10-21(20)25(28)33/h4-8,13,16-17,20-21H,9-12,14-15H2,1-3H3,(H,27,31)/t17?,20-,21+. The van der Waals surface area contributed by atoms with E-state index in [0.29, 0.717) is 24.4 Å². The first-order valence-electron chi connectivity index (χ1n) is 11.5. The number of nitrogens with one attached hydrogen (secondary N) is 1. The van der Waals surface area contributed by atoms with Crippen LogP contribution in [-0.2, 0) is 25.7 Å². The average Bonchev–Trinajstić information content (AvgIpc) is 3.03. The highest BCUT2D eigenvalue weighted by Gasteiger charge is 2.47. The van der Waals surface area contributed by atoms with Gasteiger partial charge in [0.25, 0.3) is 0 Å². The maximum Gasteiger partial charge on any atom is 0.242 e. The molecule has 1 fully saturated rings. The van der Waals surface area contributed by atoms with Gasteiger partial charge in [0.2, 0.25) is 23.6 Å². The SMILES string of the molecule is CC(C)CNC(=O)C(C)N(Cc1cccc(Cl)c1)C(=O)CCN1C(=O)[C@H]2CC=CC[C@H]2C1=O. The van der Waals surface area contributed by atoms with Crippen LogP contribution in [0.3, 0.4) is 0 Å². The third kappa shape index (κ3) is 6.02. The molecule has 1 heterocycles. The second-order valence-electron chi connectivity index (χ2n) is 9.20. The minimum Gasteiger partial charge on any atom is -0.354 e. The summed E-state index contributed by atoms with van der Waals surface area (Å²) in [7, 11) is 0. The lowest BCUT2D eigenvalue weighted by Gasteiger charge is -2.29. The lowest BCUT2D eigenvalue weighted by atomic mass is 9.85. The van der Waals surface area contributed by atoms with Crippen molar-refractivity contribution in [3.05, 3.63) is 47.0 Å². The molecule has 0 aromatic heterocycles. The van der Waals surface area contributed by atoms with Gasteiger partial charge in [0.1, 0.15) is 6.04 Å². The fourth-order valence-corrected chi connectivity index (χ4v) is 4.52. The number of hydrogen-bond donors (Lipinski definition) is 1. The molecule has 178 valence electrons. The molecule has 0 bridgehead atoms. The summed E-state index contributed by atoms with van der Waals surface area (Å²) < 4.78 is 0. The monoisotopic (exact) mass is 473 g/mol. The highest BCUT2D eigenvalue weighted by molar-refractivity contribution is 6.30. The van der Waals surface area contributed by atoms with Crippen molar-refractivity contribution in [2.75, 3.05) is 13.1 Å². The molecular weight excluding hydrogens is 442 g/mol. The summed E-state index contributed by atoms with van der Waals surface area (Å²) in [5.74, 6) is -1.30. The second-order valence-corrected chi connectivity index (χ2v) is 9.64. The number of carbonyl (C=O) groups is 4. The normalized spacial score (nSPS) is 20.7. The largest absolute Gasteiger partial charge is 0.354 e. The molecule has 1 aromatic rings. The lowest BCUT2D eigenvalue weighted by molar-refractivity contribution is -0.143. The van der Waals surface area contributed by atoms with Crippen LogP contribution in [0, 0.1) is 17.8 Å². The summed E-state index contributed by atoms with van der Waals surface area (Å²) in [4.78, 5) is 54.1. The van der Waals surface area contributed by atoms with Crippen LogP contribution in [0.4, 0.5) is 0 Å². The molecule has 1 N–H and O–H groups in total. The van der Waals surface area contributed by atoms with Crippen LogP contribution in [0.1, 0.15) is 45.6 Å². The van der Waals surface area contributed by atoms with Crippen LogP contribution in [0.5, 0.6) is 0 Å². The van der Waals surface area contributed by atoms with E-state index in [-0.39, 0.29) is 60.9 Å². The Morgan fingerprint density at radius 2 is 1.76 bits per heavy atom. The van der Waals surface area contributed by atoms with Crippen molar-refractivity contribution < 1.29 is 19.2 Å². The highest BCUT2D eigenvalue weighted by Crippen LogP contribution is 2.35. The fraction of sp³-hybridized carbons (Fsp3) is 0.520. The number of imide groups is 1. The quantitative estimate of drug-likeness (QED) is 0.441. The number of likely N-dealkylation sites (tertiary alicyclic amines) is 1. The van der Waals surface area contributed by atoms with Crippen LogP contribution < -0.4 is 5.32 Å². The summed E-state index contributed by atoms with van der Waals surface area (Å²) in [6, 6.07) is 6.42. The van der Waals surface area contributed by atoms with Crippen molar-refractivity contribution >= 4 is 35.2 Å². The Labute approximate surface area is 200 Å². The van der Waals surface area contributed by atoms with Gasteiger partial charge in [-0.15, -0.1) is 0 Å². The Morgan fingerprint density at radius 3 is 2.33 bits per heavy atom. The Balaban J connectivity index is 1.71. The molecule has 2 aliphatic rings. The third-order valence-corrected chi connectivity index (χ3v) is 6.48. The number of benzene rings is 1. The van der Waals surface area contributed by atoms with Gasteiger partial charge < -0.3 is 10.2 Å². The van der Waals surface area contributed by atoms with E-state index >= 15 is 0 Å². The van der Waals surface area contributed by atoms with E-state index < -0.39 is 6.04 Å². The van der Waals surface area contributed by atoms with E-state index in [1.165, 1.54) is 9.80 Å². The summed E-state index contributed by atoms with van der Waals surface area (Å²) in [6.45, 7) is 6.41. The topological polar surface area (TPSA) is 86.8 Å². The second kappa shape index (κ2) is 11.0. The minimum absolute atomic E-state index is 0.0237. The van der Waals surface area contributed by atoms with Gasteiger partial charge in [0, 0.05) is 31.1 Å². The van der Waals surface area contributed by atoms with Crippen LogP contribution in [0.25, 0.3) is 0 Å². The number of amides is 4. The van der Waals surface area contributed by atoms with Crippen LogP contribution in [-0.4, -0.2) is 52.6 Å². The first-order valence-corrected chi connectivity index (χ1v) is 11.9. The number of hydrogen-bond acceptors (Lipinski definition) is 4. The van der Waals surface area contributed by atoms with E-state index in [9.17, 15) is 19.2 Å². The van der Waals surface area contributed by atoms with Gasteiger partial charge in [-0.25, -0.2) is 0 Å². The molecule has 1 aliphatic heterocycles. The Bertz CT molecular complexity index is 919. The zero-order valence-corrected chi connectivity index (χ0v) is 20.2. The summed E-state index contributed by atoms with van der Waals surface area (Å²) in [6.07, 6.45) is 4.96. The molecular formula is C25H32ClN3O4. The molecule has 1 aliphatic carbocycles. The zero-order valence-electron chi connectivity index (χ0n) is 19.4. The minimum atomic E-state index is -0.716. The molecule has 1 saturated heterocycles. The van der Waals surface area contributed by atoms with Crippen LogP contribution in [0.15, 0.2) is 36.4 Å². The zero-order chi connectivity index (χ0) is 24.1. The van der Waals surface area contributed by atoms with Crippen LogP contribution >= 0.6 is 11.6 Å². The third-order valence-electron chi connectivity index (χ3n) is 6.24. The van der Waals surface area contributed by atoms with E-state index in [0.717, 1.165) is 5.56 Å². The van der Waals surface area contributed by atoms with Crippen molar-refractivity contribution in [2.24, 2.45) is 17.8 Å². The summed E-state index contributed by atoms with van der Waals surface area (Å²) >= 11 is 6.10. The summed E-state index contributed by atoms with van der Waals surface area (Å²) in [5, 5.41) is 3.42. The molecule has 33 heavy (non-hydrogen) atoms. The Hall–Kier alpha value is -2.67. The molecule has 0 saturated carbocycles. The van der Waals surface area contributed by atoms with Gasteiger partial charge in [0.15, 0.2) is 0 Å². The molecule has 3 rings (SSSR count). The van der Waals surface area contributed by atoms with Gasteiger partial charge in [-0.1, -0.05) is 49.7 Å². The van der Waals surface area contributed by atoms with E-state index in [1.54, 1.807) is 25.1 Å². The van der Waals surface area contributed by atoms with Crippen molar-refractivity contribution in [2.45, 2.75) is 52.6 Å². The molecule has 7 nitrogen and oxygen atoms in total. The smallest absolute Gasteiger partial charge is 0.242 e. The maximum absolute atomic E-state index is 13.3. The Kier molecular flexibility index (Phi) is 8.30. The summed E-state index contributed by atoms with van der Waals surface area (Å²) in [5.41, 5.74) is 0.796. The number of allylic oxidation sites excluding steroid dienone is 2. The highest BCUT2D eigenvalue weighted by atomic mass is 35.5. The predicted molar refractivity (Wildman–Crippen MR) is 126 cm³/mol. The van der Waals surface area contributed by atoms with Gasteiger partial charge >= 0.3 is 0 Å². The van der Waals surface area contributed by atoms with Gasteiger partial charge in [-0.05, 0) is 43.4 Å². The molecule has 1 aromatic carbocycles. The van der Waals surface area contributed by atoms with Gasteiger partial charge in [-0.2, -0.15) is 0 Å². The number of nitrogens with zero attached hydrogens (tertiary/aromatic N) is 2.